The molecular formula is C29H33N3O5. The summed E-state index contributed by atoms with van der Waals surface area (Å²) in [7, 11) is 3.11. The van der Waals surface area contributed by atoms with Gasteiger partial charge in [0, 0.05) is 34.5 Å². The van der Waals surface area contributed by atoms with Gasteiger partial charge in [0.1, 0.15) is 11.3 Å². The normalized spacial score (nSPS) is 12.2. The van der Waals surface area contributed by atoms with E-state index in [1.165, 1.54) is 0 Å². The second-order valence-corrected chi connectivity index (χ2v) is 8.66. The highest BCUT2D eigenvalue weighted by Gasteiger charge is 2.26. The van der Waals surface area contributed by atoms with Crippen molar-refractivity contribution in [3.63, 3.8) is 0 Å². The zero-order valence-electron chi connectivity index (χ0n) is 21.9. The Bertz CT molecular complexity index is 1370. The van der Waals surface area contributed by atoms with E-state index in [1.54, 1.807) is 27.2 Å². The highest BCUT2D eigenvalue weighted by atomic mass is 16.5. The average molecular weight is 504 g/mol. The third-order valence-corrected chi connectivity index (χ3v) is 5.95. The number of rotatable bonds is 8. The number of aromatic hydroxyl groups is 1. The van der Waals surface area contributed by atoms with E-state index in [1.807, 2.05) is 49.4 Å². The molecule has 0 amide bonds. The molecule has 0 spiro atoms. The van der Waals surface area contributed by atoms with Crippen molar-refractivity contribution < 1.29 is 19.4 Å². The highest BCUT2D eigenvalue weighted by Crippen LogP contribution is 2.43. The van der Waals surface area contributed by atoms with Crippen molar-refractivity contribution in [3.05, 3.63) is 75.7 Å². The van der Waals surface area contributed by atoms with Gasteiger partial charge >= 0.3 is 0 Å². The minimum Gasteiger partial charge on any atom is -0.506 e. The van der Waals surface area contributed by atoms with Crippen LogP contribution in [0.25, 0.3) is 11.1 Å². The fraction of sp³-hybridized carbons (Fsp3) is 0.310. The summed E-state index contributed by atoms with van der Waals surface area (Å²) in [5.41, 5.74) is 3.67. The fourth-order valence-electron chi connectivity index (χ4n) is 4.09. The van der Waals surface area contributed by atoms with Crippen LogP contribution in [0.2, 0.25) is 0 Å². The summed E-state index contributed by atoms with van der Waals surface area (Å²) in [6.45, 7) is 5.48. The number of nitrogens with zero attached hydrogens (tertiary/aromatic N) is 2. The van der Waals surface area contributed by atoms with Gasteiger partial charge in [-0.3, -0.25) is 9.59 Å². The molecule has 0 atom stereocenters. The van der Waals surface area contributed by atoms with Crippen LogP contribution in [-0.4, -0.2) is 41.5 Å². The van der Waals surface area contributed by atoms with Gasteiger partial charge in [-0.25, -0.2) is 0 Å². The van der Waals surface area contributed by atoms with Crippen LogP contribution < -0.4 is 15.0 Å². The smallest absolute Gasteiger partial charge is 0.261 e. The van der Waals surface area contributed by atoms with E-state index in [-0.39, 0.29) is 22.7 Å². The molecule has 0 unspecified atom stereocenters. The zero-order chi connectivity index (χ0) is 26.9. The van der Waals surface area contributed by atoms with Crippen LogP contribution in [0.15, 0.2) is 63.5 Å². The maximum atomic E-state index is 12.8. The number of hydrogen-bond acceptors (Lipinski definition) is 7. The van der Waals surface area contributed by atoms with Crippen LogP contribution in [0.1, 0.15) is 61.6 Å². The molecule has 4 rings (SSSR count). The number of nitrogens with one attached hydrogen (secondary N) is 1. The number of carbonyl (C=O) groups is 1. The second kappa shape index (κ2) is 12.7. The number of benzene rings is 2. The third kappa shape index (κ3) is 6.33. The molecule has 2 aromatic carbocycles. The molecule has 1 aliphatic rings. The van der Waals surface area contributed by atoms with Crippen LogP contribution in [-0.2, 0) is 6.42 Å². The van der Waals surface area contributed by atoms with Gasteiger partial charge in [0.15, 0.2) is 17.3 Å². The molecule has 0 aliphatic carbocycles. The highest BCUT2D eigenvalue weighted by molar-refractivity contribution is 6.16. The maximum Gasteiger partial charge on any atom is 0.261 e. The lowest BCUT2D eigenvalue weighted by molar-refractivity contribution is 0.101. The number of aromatic amines is 1. The molecule has 194 valence electrons. The number of aromatic nitrogens is 1. The van der Waals surface area contributed by atoms with E-state index in [2.05, 4.69) is 22.1 Å². The van der Waals surface area contributed by atoms with Crippen LogP contribution in [0.5, 0.6) is 17.2 Å². The topological polar surface area (TPSA) is 113 Å². The van der Waals surface area contributed by atoms with Gasteiger partial charge < -0.3 is 19.6 Å². The molecule has 3 aromatic rings. The number of unbranched alkanes of at least 4 members (excludes halogenated alkanes) is 1. The Labute approximate surface area is 216 Å². The lowest BCUT2D eigenvalue weighted by Gasteiger charge is -2.18. The molecule has 37 heavy (non-hydrogen) atoms. The second-order valence-electron chi connectivity index (χ2n) is 8.66. The Morgan fingerprint density at radius 2 is 1.76 bits per heavy atom. The van der Waals surface area contributed by atoms with Crippen molar-refractivity contribution in [2.24, 2.45) is 10.2 Å². The number of aryl methyl sites for hydroxylation is 1. The quantitative estimate of drug-likeness (QED) is 0.391. The van der Waals surface area contributed by atoms with E-state index in [4.69, 9.17) is 9.47 Å². The van der Waals surface area contributed by atoms with Gasteiger partial charge in [-0.2, -0.15) is 10.2 Å². The summed E-state index contributed by atoms with van der Waals surface area (Å²) in [6, 6.07) is 14.7. The van der Waals surface area contributed by atoms with Crippen LogP contribution in [0.3, 0.4) is 0 Å². The fourth-order valence-corrected chi connectivity index (χ4v) is 4.09. The van der Waals surface area contributed by atoms with Gasteiger partial charge in [0.25, 0.3) is 5.56 Å². The Morgan fingerprint density at radius 3 is 2.30 bits per heavy atom. The van der Waals surface area contributed by atoms with Crippen molar-refractivity contribution in [2.75, 3.05) is 14.2 Å². The summed E-state index contributed by atoms with van der Waals surface area (Å²) in [5.74, 6) is 1.06. The Balaban J connectivity index is 0.000000356. The van der Waals surface area contributed by atoms with E-state index in [0.29, 0.717) is 46.9 Å². The lowest BCUT2D eigenvalue weighted by Crippen LogP contribution is -2.21. The minimum absolute atomic E-state index is 0.106. The first kappa shape index (κ1) is 27.4. The Kier molecular flexibility index (Phi) is 9.38. The van der Waals surface area contributed by atoms with Gasteiger partial charge in [-0.1, -0.05) is 55.8 Å². The predicted octanol–water partition coefficient (Wildman–Crippen LogP) is 5.57. The molecule has 0 bridgehead atoms. The van der Waals surface area contributed by atoms with E-state index in [0.717, 1.165) is 24.1 Å². The monoisotopic (exact) mass is 503 g/mol. The number of pyridine rings is 1. The lowest BCUT2D eigenvalue weighted by atomic mass is 9.94. The number of H-pyrrole nitrogens is 1. The van der Waals surface area contributed by atoms with Crippen molar-refractivity contribution >= 4 is 17.2 Å². The van der Waals surface area contributed by atoms with Crippen molar-refractivity contribution in [2.45, 2.75) is 46.5 Å². The standard InChI is InChI=1S/C21H25N3O4.C8H8O/c1-5-6-9-14-17(13-8-7-10-16(27-3)20(13)28-4)19(25)18(21(26)22-14)15-11-12(2)23-24-15;1-7(9)8-5-3-2-4-6-8/h7-8,10H,5-6,9,11H2,1-4H3,(H2,22,25,26);2-6H,1H3. The maximum absolute atomic E-state index is 12.8. The van der Waals surface area contributed by atoms with Gasteiger partial charge in [-0.15, -0.1) is 0 Å². The van der Waals surface area contributed by atoms with Gasteiger partial charge in [-0.05, 0) is 32.8 Å². The number of ether oxygens (including phenoxy) is 2. The number of methoxy groups -OCH3 is 2. The van der Waals surface area contributed by atoms with Crippen molar-refractivity contribution in [3.8, 4) is 28.4 Å². The van der Waals surface area contributed by atoms with Crippen LogP contribution in [0, 0.1) is 0 Å². The van der Waals surface area contributed by atoms with Crippen molar-refractivity contribution in [1.82, 2.24) is 4.98 Å². The SMILES string of the molecule is CC(=O)c1ccccc1.CCCCc1[nH]c(=O)c(C2=NN=C(C)C2)c(O)c1-c1cccc(OC)c1OC. The molecule has 0 radical (unpaired) electrons. The number of ketones is 1. The molecule has 8 nitrogen and oxygen atoms in total. The first-order valence-corrected chi connectivity index (χ1v) is 12.2. The number of para-hydroxylation sites is 1. The van der Waals surface area contributed by atoms with E-state index < -0.39 is 0 Å². The third-order valence-electron chi connectivity index (χ3n) is 5.95. The molecule has 0 fully saturated rings. The number of hydrogen-bond donors (Lipinski definition) is 2. The number of carbonyl (C=O) groups excluding carboxylic acids is 1. The number of Topliss-reactive ketones (excluding diaryl/α,β-unsaturated/α-hetero) is 1. The largest absolute Gasteiger partial charge is 0.506 e. The van der Waals surface area contributed by atoms with Gasteiger partial charge in [0.2, 0.25) is 0 Å². The molecule has 0 saturated carbocycles. The first-order valence-electron chi connectivity index (χ1n) is 12.2. The molecule has 2 heterocycles. The summed E-state index contributed by atoms with van der Waals surface area (Å²) in [5, 5.41) is 19.3. The van der Waals surface area contributed by atoms with E-state index >= 15 is 0 Å². The van der Waals surface area contributed by atoms with Gasteiger partial charge in [0.05, 0.1) is 19.9 Å². The summed E-state index contributed by atoms with van der Waals surface area (Å²) in [6.07, 6.45) is 2.88. The predicted molar refractivity (Wildman–Crippen MR) is 147 cm³/mol. The molecule has 0 saturated heterocycles. The van der Waals surface area contributed by atoms with E-state index in [9.17, 15) is 14.7 Å². The molecule has 1 aromatic heterocycles. The Hall–Kier alpha value is -4.20. The molecule has 8 heteroatoms. The molecular weight excluding hydrogens is 470 g/mol. The Morgan fingerprint density at radius 1 is 1.03 bits per heavy atom. The summed E-state index contributed by atoms with van der Waals surface area (Å²) < 4.78 is 11.0. The minimum atomic E-state index is -0.363. The van der Waals surface area contributed by atoms with Crippen LogP contribution in [0.4, 0.5) is 0 Å². The first-order chi connectivity index (χ1) is 17.8. The molecule has 2 N–H and O–H groups in total. The van der Waals surface area contributed by atoms with Crippen molar-refractivity contribution in [1.29, 1.82) is 0 Å². The summed E-state index contributed by atoms with van der Waals surface area (Å²) in [4.78, 5) is 26.4. The molecule has 1 aliphatic heterocycles. The zero-order valence-corrected chi connectivity index (χ0v) is 21.9. The average Bonchev–Trinajstić information content (AvgIpc) is 3.33. The van der Waals surface area contributed by atoms with Crippen LogP contribution >= 0.6 is 0 Å². The summed E-state index contributed by atoms with van der Waals surface area (Å²) >= 11 is 0.